The van der Waals surface area contributed by atoms with Gasteiger partial charge < -0.3 is 16.0 Å². The predicted molar refractivity (Wildman–Crippen MR) is 94.4 cm³/mol. The van der Waals surface area contributed by atoms with E-state index in [1.165, 1.54) is 25.0 Å². The number of nitrogens with zero attached hydrogens (tertiary/aromatic N) is 1. The van der Waals surface area contributed by atoms with Crippen molar-refractivity contribution in [3.05, 3.63) is 33.9 Å². The maximum atomic E-state index is 11.9. The molecule has 0 saturated heterocycles. The first-order chi connectivity index (χ1) is 12.0. The van der Waals surface area contributed by atoms with Crippen LogP contribution in [0.5, 0.6) is 0 Å². The molecule has 1 aliphatic carbocycles. The Kier molecular flexibility index (Phi) is 6.73. The van der Waals surface area contributed by atoms with Gasteiger partial charge in [0.2, 0.25) is 5.91 Å². The van der Waals surface area contributed by atoms with E-state index in [4.69, 9.17) is 0 Å². The zero-order valence-electron chi connectivity index (χ0n) is 14.3. The van der Waals surface area contributed by atoms with Gasteiger partial charge in [-0.2, -0.15) is 0 Å². The third kappa shape index (κ3) is 6.06. The van der Waals surface area contributed by atoms with Crippen molar-refractivity contribution >= 4 is 23.3 Å². The monoisotopic (exact) mass is 348 g/mol. The van der Waals surface area contributed by atoms with Crippen LogP contribution in [0.1, 0.15) is 37.7 Å². The number of carbonyl (C=O) groups excluding carboxylic acids is 2. The van der Waals surface area contributed by atoms with Gasteiger partial charge in [-0.1, -0.05) is 18.9 Å². The Bertz CT molecular complexity index is 642. The fourth-order valence-electron chi connectivity index (χ4n) is 2.95. The molecule has 0 bridgehead atoms. The zero-order chi connectivity index (χ0) is 18.2. The van der Waals surface area contributed by atoms with Crippen molar-refractivity contribution in [3.63, 3.8) is 0 Å². The van der Waals surface area contributed by atoms with Gasteiger partial charge >= 0.3 is 6.03 Å². The molecular weight excluding hydrogens is 324 g/mol. The number of non-ortho nitro benzene ring substituents is 1. The second-order valence-electron chi connectivity index (χ2n) is 6.34. The fourth-order valence-corrected chi connectivity index (χ4v) is 2.95. The molecule has 25 heavy (non-hydrogen) atoms. The summed E-state index contributed by atoms with van der Waals surface area (Å²) in [7, 11) is 0. The third-order valence-electron chi connectivity index (χ3n) is 4.36. The van der Waals surface area contributed by atoms with Crippen LogP contribution in [0.2, 0.25) is 0 Å². The van der Waals surface area contributed by atoms with Crippen molar-refractivity contribution in [1.82, 2.24) is 10.6 Å². The molecule has 0 aliphatic heterocycles. The van der Waals surface area contributed by atoms with E-state index in [2.05, 4.69) is 16.0 Å². The van der Waals surface area contributed by atoms with Gasteiger partial charge in [0.05, 0.1) is 10.6 Å². The number of anilines is 1. The molecule has 0 spiro atoms. The van der Waals surface area contributed by atoms with Crippen LogP contribution in [-0.2, 0) is 4.79 Å². The van der Waals surface area contributed by atoms with Gasteiger partial charge in [0.25, 0.3) is 5.69 Å². The SMILES string of the molecule is Cc1ccc([N+](=O)[O-])cc1NC(=O)NCCNC(=O)CC1CCCC1. The summed E-state index contributed by atoms with van der Waals surface area (Å²) in [5, 5.41) is 18.8. The van der Waals surface area contributed by atoms with Gasteiger partial charge in [0, 0.05) is 31.6 Å². The van der Waals surface area contributed by atoms with Gasteiger partial charge in [0.15, 0.2) is 0 Å². The number of amides is 3. The number of nitro groups is 1. The average Bonchev–Trinajstić information content (AvgIpc) is 3.06. The van der Waals surface area contributed by atoms with Gasteiger partial charge in [-0.05, 0) is 31.2 Å². The lowest BCUT2D eigenvalue weighted by Crippen LogP contribution is -2.37. The molecule has 136 valence electrons. The minimum Gasteiger partial charge on any atom is -0.354 e. The summed E-state index contributed by atoms with van der Waals surface area (Å²) in [6.07, 6.45) is 5.21. The number of carbonyl (C=O) groups is 2. The number of benzene rings is 1. The Morgan fingerprint density at radius 2 is 1.88 bits per heavy atom. The minimum absolute atomic E-state index is 0.0173. The van der Waals surface area contributed by atoms with E-state index in [-0.39, 0.29) is 18.1 Å². The van der Waals surface area contributed by atoms with E-state index in [0.717, 1.165) is 18.4 Å². The molecule has 0 aromatic heterocycles. The topological polar surface area (TPSA) is 113 Å². The Hall–Kier alpha value is -2.64. The van der Waals surface area contributed by atoms with Crippen molar-refractivity contribution in [2.24, 2.45) is 5.92 Å². The summed E-state index contributed by atoms with van der Waals surface area (Å²) in [5.74, 6) is 0.511. The molecule has 1 aromatic rings. The summed E-state index contributed by atoms with van der Waals surface area (Å²) in [5.41, 5.74) is 1.03. The number of nitrogens with one attached hydrogen (secondary N) is 3. The summed E-state index contributed by atoms with van der Waals surface area (Å²) < 4.78 is 0. The van der Waals surface area contributed by atoms with Crippen molar-refractivity contribution in [3.8, 4) is 0 Å². The first kappa shape index (κ1) is 18.7. The molecule has 1 saturated carbocycles. The van der Waals surface area contributed by atoms with Gasteiger partial charge in [-0.15, -0.1) is 0 Å². The lowest BCUT2D eigenvalue weighted by molar-refractivity contribution is -0.384. The maximum Gasteiger partial charge on any atom is 0.319 e. The molecule has 3 N–H and O–H groups in total. The molecule has 0 unspecified atom stereocenters. The summed E-state index contributed by atoms with van der Waals surface area (Å²) in [6, 6.07) is 3.82. The van der Waals surface area contributed by atoms with E-state index in [1.54, 1.807) is 13.0 Å². The molecule has 8 nitrogen and oxygen atoms in total. The number of hydrogen-bond donors (Lipinski definition) is 3. The second kappa shape index (κ2) is 9.00. The van der Waals surface area contributed by atoms with Gasteiger partial charge in [-0.3, -0.25) is 14.9 Å². The largest absolute Gasteiger partial charge is 0.354 e. The molecular formula is C17H24N4O4. The van der Waals surface area contributed by atoms with E-state index < -0.39 is 11.0 Å². The van der Waals surface area contributed by atoms with Crippen LogP contribution < -0.4 is 16.0 Å². The Morgan fingerprint density at radius 3 is 2.56 bits per heavy atom. The van der Waals surface area contributed by atoms with E-state index in [0.29, 0.717) is 24.6 Å². The van der Waals surface area contributed by atoms with Gasteiger partial charge in [0.1, 0.15) is 0 Å². The molecule has 8 heteroatoms. The Balaban J connectivity index is 1.69. The van der Waals surface area contributed by atoms with E-state index >= 15 is 0 Å². The number of hydrogen-bond acceptors (Lipinski definition) is 4. The van der Waals surface area contributed by atoms with Crippen molar-refractivity contribution in [2.45, 2.75) is 39.0 Å². The van der Waals surface area contributed by atoms with Crippen LogP contribution in [0.4, 0.5) is 16.2 Å². The standard InChI is InChI=1S/C17H24N4O4/c1-12-6-7-14(21(24)25)11-15(12)20-17(23)19-9-8-18-16(22)10-13-4-2-3-5-13/h6-7,11,13H,2-5,8-10H2,1H3,(H,18,22)(H2,19,20,23). The van der Waals surface area contributed by atoms with Crippen LogP contribution in [0.15, 0.2) is 18.2 Å². The highest BCUT2D eigenvalue weighted by Gasteiger charge is 2.18. The lowest BCUT2D eigenvalue weighted by Gasteiger charge is -2.11. The molecule has 0 radical (unpaired) electrons. The second-order valence-corrected chi connectivity index (χ2v) is 6.34. The highest BCUT2D eigenvalue weighted by molar-refractivity contribution is 5.90. The van der Waals surface area contributed by atoms with Crippen LogP contribution in [0, 0.1) is 23.0 Å². The van der Waals surface area contributed by atoms with Crippen LogP contribution in [0.25, 0.3) is 0 Å². The average molecular weight is 348 g/mol. The molecule has 1 aliphatic rings. The molecule has 1 aromatic carbocycles. The maximum absolute atomic E-state index is 11.9. The van der Waals surface area contributed by atoms with Crippen molar-refractivity contribution in [2.75, 3.05) is 18.4 Å². The van der Waals surface area contributed by atoms with E-state index in [9.17, 15) is 19.7 Å². The smallest absolute Gasteiger partial charge is 0.319 e. The van der Waals surface area contributed by atoms with Gasteiger partial charge in [-0.25, -0.2) is 4.79 Å². The van der Waals surface area contributed by atoms with E-state index in [1.807, 2.05) is 0 Å². The Morgan fingerprint density at radius 1 is 1.20 bits per heavy atom. The number of aryl methyl sites for hydroxylation is 1. The van der Waals surface area contributed by atoms with Crippen LogP contribution in [0.3, 0.4) is 0 Å². The highest BCUT2D eigenvalue weighted by Crippen LogP contribution is 2.27. The third-order valence-corrected chi connectivity index (χ3v) is 4.36. The lowest BCUT2D eigenvalue weighted by atomic mass is 10.0. The zero-order valence-corrected chi connectivity index (χ0v) is 14.3. The first-order valence-corrected chi connectivity index (χ1v) is 8.52. The molecule has 0 atom stereocenters. The molecule has 1 fully saturated rings. The molecule has 2 rings (SSSR count). The van der Waals surface area contributed by atoms with Crippen molar-refractivity contribution < 1.29 is 14.5 Å². The Labute approximate surface area is 146 Å². The fraction of sp³-hybridized carbons (Fsp3) is 0.529. The number of rotatable bonds is 7. The number of nitro benzene ring substituents is 1. The quantitative estimate of drug-likeness (QED) is 0.399. The summed E-state index contributed by atoms with van der Waals surface area (Å²) in [6.45, 7) is 2.39. The molecule has 3 amide bonds. The predicted octanol–water partition coefficient (Wildman–Crippen LogP) is 2.72. The van der Waals surface area contributed by atoms with Crippen molar-refractivity contribution in [1.29, 1.82) is 0 Å². The number of urea groups is 1. The van der Waals surface area contributed by atoms with Crippen LogP contribution in [-0.4, -0.2) is 30.0 Å². The molecule has 0 heterocycles. The first-order valence-electron chi connectivity index (χ1n) is 8.52. The summed E-state index contributed by atoms with van der Waals surface area (Å²) in [4.78, 5) is 33.9. The normalized spacial score (nSPS) is 14.1. The highest BCUT2D eigenvalue weighted by atomic mass is 16.6. The summed E-state index contributed by atoms with van der Waals surface area (Å²) >= 11 is 0. The van der Waals surface area contributed by atoms with Crippen LogP contribution >= 0.6 is 0 Å². The minimum atomic E-state index is -0.512.